The van der Waals surface area contributed by atoms with Crippen molar-refractivity contribution in [3.05, 3.63) is 16.4 Å². The first-order valence-corrected chi connectivity index (χ1v) is 5.22. The summed E-state index contributed by atoms with van der Waals surface area (Å²) < 4.78 is 1.78. The fourth-order valence-corrected chi connectivity index (χ4v) is 2.09. The van der Waals surface area contributed by atoms with Crippen molar-refractivity contribution in [3.8, 4) is 0 Å². The van der Waals surface area contributed by atoms with E-state index in [2.05, 4.69) is 12.0 Å². The number of rotatable bonds is 3. The van der Waals surface area contributed by atoms with Crippen LogP contribution in [0.2, 0.25) is 5.15 Å². The third-order valence-electron chi connectivity index (χ3n) is 2.88. The van der Waals surface area contributed by atoms with E-state index in [-0.39, 0.29) is 0 Å². The largest absolute Gasteiger partial charge is 0.298 e. The van der Waals surface area contributed by atoms with Crippen molar-refractivity contribution in [2.45, 2.75) is 32.7 Å². The average Bonchev–Trinajstić information content (AvgIpc) is 2.93. The van der Waals surface area contributed by atoms with Crippen LogP contribution < -0.4 is 0 Å². The second kappa shape index (κ2) is 3.39. The zero-order valence-corrected chi connectivity index (χ0v) is 9.08. The van der Waals surface area contributed by atoms with Crippen molar-refractivity contribution in [2.75, 3.05) is 0 Å². The molecular formula is C10H13ClN2O. The van der Waals surface area contributed by atoms with Gasteiger partial charge in [0.15, 0.2) is 6.29 Å². The first-order chi connectivity index (χ1) is 6.65. The van der Waals surface area contributed by atoms with Crippen molar-refractivity contribution in [1.29, 1.82) is 0 Å². The Morgan fingerprint density at radius 3 is 2.71 bits per heavy atom. The molecule has 1 aliphatic carbocycles. The van der Waals surface area contributed by atoms with E-state index in [4.69, 9.17) is 11.6 Å². The Bertz CT molecular complexity index is 368. The molecule has 0 aliphatic heterocycles. The number of hydrogen-bond donors (Lipinski definition) is 0. The van der Waals surface area contributed by atoms with Gasteiger partial charge < -0.3 is 0 Å². The van der Waals surface area contributed by atoms with Crippen molar-refractivity contribution in [3.63, 3.8) is 0 Å². The van der Waals surface area contributed by atoms with Crippen LogP contribution in [0.1, 0.15) is 41.9 Å². The minimum atomic E-state index is 0.315. The number of aromatic nitrogens is 2. The number of nitrogens with zero attached hydrogens (tertiary/aromatic N) is 2. The fourth-order valence-electron chi connectivity index (χ4n) is 1.71. The molecule has 0 N–H and O–H groups in total. The maximum absolute atomic E-state index is 10.7. The monoisotopic (exact) mass is 212 g/mol. The smallest absolute Gasteiger partial charge is 0.155 e. The molecule has 1 heterocycles. The molecular weight excluding hydrogens is 200 g/mol. The number of aldehydes is 1. The van der Waals surface area contributed by atoms with Crippen LogP contribution in [-0.2, 0) is 0 Å². The SMILES string of the molecule is Cc1nn(C(C)C2CC2)c(Cl)c1C=O. The Balaban J connectivity index is 2.37. The van der Waals surface area contributed by atoms with E-state index in [0.717, 1.165) is 12.0 Å². The van der Waals surface area contributed by atoms with E-state index in [0.29, 0.717) is 22.7 Å². The highest BCUT2D eigenvalue weighted by molar-refractivity contribution is 6.32. The van der Waals surface area contributed by atoms with Crippen LogP contribution in [0.3, 0.4) is 0 Å². The quantitative estimate of drug-likeness (QED) is 0.722. The molecule has 1 aliphatic rings. The molecule has 0 saturated heterocycles. The summed E-state index contributed by atoms with van der Waals surface area (Å²) in [5, 5.41) is 4.78. The molecule has 14 heavy (non-hydrogen) atoms. The highest BCUT2D eigenvalue weighted by Crippen LogP contribution is 2.40. The van der Waals surface area contributed by atoms with E-state index >= 15 is 0 Å². The lowest BCUT2D eigenvalue weighted by molar-refractivity contribution is 0.112. The predicted molar refractivity (Wildman–Crippen MR) is 54.8 cm³/mol. The average molecular weight is 213 g/mol. The first kappa shape index (κ1) is 9.71. The normalized spacial score (nSPS) is 18.2. The van der Waals surface area contributed by atoms with E-state index in [1.165, 1.54) is 12.8 Å². The molecule has 0 amide bonds. The summed E-state index contributed by atoms with van der Waals surface area (Å²) in [4.78, 5) is 10.7. The number of hydrogen-bond acceptors (Lipinski definition) is 2. The van der Waals surface area contributed by atoms with Crippen LogP contribution in [0, 0.1) is 12.8 Å². The molecule has 4 heteroatoms. The van der Waals surface area contributed by atoms with Crippen molar-refractivity contribution >= 4 is 17.9 Å². The molecule has 0 spiro atoms. The van der Waals surface area contributed by atoms with Crippen LogP contribution in [0.4, 0.5) is 0 Å². The van der Waals surface area contributed by atoms with Crippen LogP contribution >= 0.6 is 11.6 Å². The van der Waals surface area contributed by atoms with Crippen LogP contribution in [0.25, 0.3) is 0 Å². The summed E-state index contributed by atoms with van der Waals surface area (Å²) in [6.45, 7) is 3.91. The molecule has 76 valence electrons. The number of carbonyl (C=O) groups excluding carboxylic acids is 1. The molecule has 1 fully saturated rings. The van der Waals surface area contributed by atoms with E-state index in [1.807, 2.05) is 6.92 Å². The highest BCUT2D eigenvalue weighted by Gasteiger charge is 2.31. The Kier molecular flexibility index (Phi) is 2.35. The van der Waals surface area contributed by atoms with E-state index < -0.39 is 0 Å². The summed E-state index contributed by atoms with van der Waals surface area (Å²) in [6.07, 6.45) is 3.26. The summed E-state index contributed by atoms with van der Waals surface area (Å²) >= 11 is 6.07. The lowest BCUT2D eigenvalue weighted by Crippen LogP contribution is -2.09. The topological polar surface area (TPSA) is 34.9 Å². The summed E-state index contributed by atoms with van der Waals surface area (Å²) in [7, 11) is 0. The van der Waals surface area contributed by atoms with Gasteiger partial charge in [0.05, 0.1) is 17.3 Å². The zero-order valence-electron chi connectivity index (χ0n) is 8.33. The number of aryl methyl sites for hydroxylation is 1. The first-order valence-electron chi connectivity index (χ1n) is 4.85. The van der Waals surface area contributed by atoms with Crippen LogP contribution in [0.5, 0.6) is 0 Å². The Labute approximate surface area is 88.1 Å². The van der Waals surface area contributed by atoms with Crippen molar-refractivity contribution < 1.29 is 4.79 Å². The second-order valence-corrected chi connectivity index (χ2v) is 4.29. The molecule has 1 unspecified atom stereocenters. The number of carbonyl (C=O) groups is 1. The van der Waals surface area contributed by atoms with Gasteiger partial charge in [0.25, 0.3) is 0 Å². The van der Waals surface area contributed by atoms with Gasteiger partial charge in [-0.2, -0.15) is 5.10 Å². The maximum atomic E-state index is 10.7. The van der Waals surface area contributed by atoms with E-state index in [1.54, 1.807) is 4.68 Å². The molecule has 3 nitrogen and oxygen atoms in total. The third-order valence-corrected chi connectivity index (χ3v) is 3.26. The van der Waals surface area contributed by atoms with E-state index in [9.17, 15) is 4.79 Å². The summed E-state index contributed by atoms with van der Waals surface area (Å²) in [5.74, 6) is 0.686. The second-order valence-electron chi connectivity index (χ2n) is 3.93. The lowest BCUT2D eigenvalue weighted by Gasteiger charge is -2.11. The molecule has 0 bridgehead atoms. The Morgan fingerprint density at radius 2 is 2.29 bits per heavy atom. The van der Waals surface area contributed by atoms with Crippen molar-refractivity contribution in [2.24, 2.45) is 5.92 Å². The van der Waals surface area contributed by atoms with Gasteiger partial charge in [-0.15, -0.1) is 0 Å². The minimum absolute atomic E-state index is 0.315. The van der Waals surface area contributed by atoms with Gasteiger partial charge in [-0.3, -0.25) is 4.79 Å². The van der Waals surface area contributed by atoms with Gasteiger partial charge in [-0.1, -0.05) is 11.6 Å². The van der Waals surface area contributed by atoms with Gasteiger partial charge in [0.2, 0.25) is 0 Å². The molecule has 0 radical (unpaired) electrons. The summed E-state index contributed by atoms with van der Waals surface area (Å²) in [5.41, 5.74) is 1.25. The third kappa shape index (κ3) is 1.46. The molecule has 1 saturated carbocycles. The molecule has 1 aromatic rings. The highest BCUT2D eigenvalue weighted by atomic mass is 35.5. The maximum Gasteiger partial charge on any atom is 0.155 e. The van der Waals surface area contributed by atoms with Crippen molar-refractivity contribution in [1.82, 2.24) is 9.78 Å². The van der Waals surface area contributed by atoms with Gasteiger partial charge in [-0.05, 0) is 32.6 Å². The fraction of sp³-hybridized carbons (Fsp3) is 0.600. The predicted octanol–water partition coefficient (Wildman–Crippen LogP) is 2.63. The van der Waals surface area contributed by atoms with Crippen LogP contribution in [-0.4, -0.2) is 16.1 Å². The minimum Gasteiger partial charge on any atom is -0.298 e. The van der Waals surface area contributed by atoms with Gasteiger partial charge in [-0.25, -0.2) is 4.68 Å². The number of halogens is 1. The summed E-state index contributed by atoms with van der Waals surface area (Å²) in [6, 6.07) is 0.315. The van der Waals surface area contributed by atoms with Gasteiger partial charge >= 0.3 is 0 Å². The van der Waals surface area contributed by atoms with Crippen LogP contribution in [0.15, 0.2) is 0 Å². The Hall–Kier alpha value is -0.830. The molecule has 1 aromatic heterocycles. The molecule has 0 aromatic carbocycles. The van der Waals surface area contributed by atoms with Gasteiger partial charge in [0, 0.05) is 0 Å². The lowest BCUT2D eigenvalue weighted by atomic mass is 10.2. The molecule has 1 atom stereocenters. The van der Waals surface area contributed by atoms with Gasteiger partial charge in [0.1, 0.15) is 5.15 Å². The Morgan fingerprint density at radius 1 is 1.64 bits per heavy atom. The standard InChI is InChI=1S/C10H13ClN2O/c1-6-9(5-14)10(11)13(12-6)7(2)8-3-4-8/h5,7-8H,3-4H2,1-2H3. The zero-order chi connectivity index (χ0) is 10.3. The molecule has 2 rings (SSSR count).